The lowest BCUT2D eigenvalue weighted by Crippen LogP contribution is -2.39. The summed E-state index contributed by atoms with van der Waals surface area (Å²) in [6.45, 7) is 0. The van der Waals surface area contributed by atoms with Gasteiger partial charge in [0.05, 0.1) is 7.11 Å². The number of nitrogens with one attached hydrogen (secondary N) is 2. The minimum atomic E-state index is -0.914. The minimum Gasteiger partial charge on any atom is -0.467 e. The van der Waals surface area contributed by atoms with E-state index in [2.05, 4.69) is 10.1 Å². The monoisotopic (exact) mass is 171 g/mol. The van der Waals surface area contributed by atoms with Gasteiger partial charge in [0.1, 0.15) is 5.84 Å². The molecule has 1 heterocycles. The molecule has 1 rings (SSSR count). The average Bonchev–Trinajstić information content (AvgIpc) is 2.26. The van der Waals surface area contributed by atoms with Crippen LogP contribution in [0.4, 0.5) is 4.79 Å². The Balaban J connectivity index is 2.83. The predicted molar refractivity (Wildman–Crippen MR) is 39.8 cm³/mol. The molecule has 0 aromatic rings. The third-order valence-electron chi connectivity index (χ3n) is 1.65. The number of carbonyl (C=O) groups is 2. The van der Waals surface area contributed by atoms with Crippen molar-refractivity contribution in [2.75, 3.05) is 14.2 Å². The predicted octanol–water partition coefficient (Wildman–Crippen LogP) is -0.840. The molecule has 0 aromatic heterocycles. The lowest BCUT2D eigenvalue weighted by molar-refractivity contribution is -0.142. The average molecular weight is 171 g/mol. The molecule has 0 aromatic carbocycles. The van der Waals surface area contributed by atoms with Gasteiger partial charge in [0, 0.05) is 7.05 Å². The molecule has 1 aliphatic heterocycles. The molecule has 1 saturated heterocycles. The number of amidine groups is 1. The van der Waals surface area contributed by atoms with Crippen molar-refractivity contribution in [2.45, 2.75) is 6.04 Å². The third kappa shape index (κ3) is 1.11. The van der Waals surface area contributed by atoms with Crippen LogP contribution < -0.4 is 5.32 Å². The number of methoxy groups -OCH3 is 1. The highest BCUT2D eigenvalue weighted by molar-refractivity contribution is 6.15. The van der Waals surface area contributed by atoms with Crippen molar-refractivity contribution in [3.8, 4) is 0 Å². The van der Waals surface area contributed by atoms with Crippen LogP contribution in [0.5, 0.6) is 0 Å². The Hall–Kier alpha value is -1.59. The minimum absolute atomic E-state index is 0.144. The van der Waals surface area contributed by atoms with Crippen molar-refractivity contribution >= 4 is 17.8 Å². The zero-order valence-electron chi connectivity index (χ0n) is 6.75. The van der Waals surface area contributed by atoms with E-state index in [1.54, 1.807) is 0 Å². The number of hydrogen-bond acceptors (Lipinski definition) is 4. The number of esters is 1. The first kappa shape index (κ1) is 8.51. The topological polar surface area (TPSA) is 82.5 Å². The second-order valence-corrected chi connectivity index (χ2v) is 2.38. The maximum absolute atomic E-state index is 11.0. The third-order valence-corrected chi connectivity index (χ3v) is 1.65. The molecule has 0 spiro atoms. The fourth-order valence-electron chi connectivity index (χ4n) is 0.970. The number of nitrogens with zero attached hydrogens (tertiary/aromatic N) is 1. The van der Waals surface area contributed by atoms with Crippen molar-refractivity contribution in [2.24, 2.45) is 0 Å². The van der Waals surface area contributed by atoms with Gasteiger partial charge in [0.2, 0.25) is 0 Å². The molecule has 2 amide bonds. The molecule has 2 N–H and O–H groups in total. The Bertz CT molecular complexity index is 250. The van der Waals surface area contributed by atoms with Crippen LogP contribution in [0.2, 0.25) is 0 Å². The summed E-state index contributed by atoms with van der Waals surface area (Å²) < 4.78 is 4.41. The largest absolute Gasteiger partial charge is 0.467 e. The normalized spacial score (nSPS) is 22.5. The lowest BCUT2D eigenvalue weighted by atomic mass is 10.3. The summed E-state index contributed by atoms with van der Waals surface area (Å²) in [7, 11) is 2.64. The highest BCUT2D eigenvalue weighted by Gasteiger charge is 2.38. The molecule has 12 heavy (non-hydrogen) atoms. The van der Waals surface area contributed by atoms with Gasteiger partial charge in [0.25, 0.3) is 0 Å². The van der Waals surface area contributed by atoms with E-state index in [-0.39, 0.29) is 5.84 Å². The van der Waals surface area contributed by atoms with Crippen LogP contribution in [0.15, 0.2) is 0 Å². The maximum Gasteiger partial charge on any atom is 0.336 e. The summed E-state index contributed by atoms with van der Waals surface area (Å²) in [5.41, 5.74) is 0. The number of rotatable bonds is 1. The Labute approximate surface area is 69.0 Å². The van der Waals surface area contributed by atoms with E-state index >= 15 is 0 Å². The van der Waals surface area contributed by atoms with Crippen LogP contribution in [0.1, 0.15) is 0 Å². The lowest BCUT2D eigenvalue weighted by Gasteiger charge is -2.13. The fourth-order valence-corrected chi connectivity index (χ4v) is 0.970. The van der Waals surface area contributed by atoms with E-state index in [9.17, 15) is 9.59 Å². The molecule has 0 radical (unpaired) electrons. The van der Waals surface area contributed by atoms with Crippen molar-refractivity contribution in [3.05, 3.63) is 0 Å². The van der Waals surface area contributed by atoms with Crippen LogP contribution in [0.25, 0.3) is 0 Å². The van der Waals surface area contributed by atoms with Crippen molar-refractivity contribution < 1.29 is 14.3 Å². The second kappa shape index (κ2) is 2.80. The summed E-state index contributed by atoms with van der Waals surface area (Å²) in [6.07, 6.45) is 0. The quantitative estimate of drug-likeness (QED) is 0.504. The summed E-state index contributed by atoms with van der Waals surface area (Å²) >= 11 is 0. The van der Waals surface area contributed by atoms with E-state index in [4.69, 9.17) is 5.41 Å². The number of likely N-dealkylation sites (N-methyl/N-ethyl adjacent to an activating group) is 1. The molecule has 0 bridgehead atoms. The van der Waals surface area contributed by atoms with Gasteiger partial charge in [-0.25, -0.2) is 9.59 Å². The van der Waals surface area contributed by atoms with Gasteiger partial charge in [-0.1, -0.05) is 0 Å². The van der Waals surface area contributed by atoms with Gasteiger partial charge >= 0.3 is 12.0 Å². The van der Waals surface area contributed by atoms with Crippen LogP contribution >= 0.6 is 0 Å². The molecular formula is C6H9N3O3. The highest BCUT2D eigenvalue weighted by atomic mass is 16.5. The SMILES string of the molecule is COC(=O)C1C(=N)NC(=O)N1C. The number of ether oxygens (including phenoxy) is 1. The molecule has 1 fully saturated rings. The zero-order chi connectivity index (χ0) is 9.30. The smallest absolute Gasteiger partial charge is 0.336 e. The summed E-state index contributed by atoms with van der Waals surface area (Å²) in [4.78, 5) is 23.0. The molecule has 0 saturated carbocycles. The van der Waals surface area contributed by atoms with E-state index in [0.717, 1.165) is 4.90 Å². The Morgan fingerprint density at radius 1 is 1.75 bits per heavy atom. The maximum atomic E-state index is 11.0. The van der Waals surface area contributed by atoms with Gasteiger partial charge in [-0.3, -0.25) is 10.7 Å². The molecule has 1 unspecified atom stereocenters. The fraction of sp³-hybridized carbons (Fsp3) is 0.500. The highest BCUT2D eigenvalue weighted by Crippen LogP contribution is 2.06. The summed E-state index contributed by atoms with van der Waals surface area (Å²) in [5.74, 6) is -0.754. The van der Waals surface area contributed by atoms with E-state index in [1.807, 2.05) is 0 Å². The second-order valence-electron chi connectivity index (χ2n) is 2.38. The standard InChI is InChI=1S/C6H9N3O3/c1-9-3(5(10)12-2)4(7)8-6(9)11/h3H,1-2H3,(H2,7,8,11). The van der Waals surface area contributed by atoms with E-state index in [0.29, 0.717) is 0 Å². The number of carbonyl (C=O) groups excluding carboxylic acids is 2. The van der Waals surface area contributed by atoms with Crippen LogP contribution in [-0.2, 0) is 9.53 Å². The van der Waals surface area contributed by atoms with Crippen LogP contribution in [0.3, 0.4) is 0 Å². The Kier molecular flexibility index (Phi) is 1.99. The Morgan fingerprint density at radius 2 is 2.33 bits per heavy atom. The molecule has 6 nitrogen and oxygen atoms in total. The van der Waals surface area contributed by atoms with Gasteiger partial charge in [0.15, 0.2) is 6.04 Å². The van der Waals surface area contributed by atoms with Crippen molar-refractivity contribution in [1.29, 1.82) is 5.41 Å². The van der Waals surface area contributed by atoms with Gasteiger partial charge in [-0.05, 0) is 0 Å². The van der Waals surface area contributed by atoms with E-state index < -0.39 is 18.0 Å². The molecule has 66 valence electrons. The summed E-state index contributed by atoms with van der Waals surface area (Å²) in [5, 5.41) is 9.43. The molecular weight excluding hydrogens is 162 g/mol. The number of amides is 2. The summed E-state index contributed by atoms with van der Waals surface area (Å²) in [6, 6.07) is -1.38. The van der Waals surface area contributed by atoms with Crippen molar-refractivity contribution in [3.63, 3.8) is 0 Å². The zero-order valence-corrected chi connectivity index (χ0v) is 6.75. The first-order valence-electron chi connectivity index (χ1n) is 3.28. The molecule has 0 aliphatic carbocycles. The molecule has 1 atom stereocenters. The first-order chi connectivity index (χ1) is 5.57. The van der Waals surface area contributed by atoms with E-state index in [1.165, 1.54) is 14.2 Å². The van der Waals surface area contributed by atoms with Gasteiger partial charge in [-0.15, -0.1) is 0 Å². The number of hydrogen-bond donors (Lipinski definition) is 2. The first-order valence-corrected chi connectivity index (χ1v) is 3.28. The van der Waals surface area contributed by atoms with Crippen LogP contribution in [-0.4, -0.2) is 42.9 Å². The number of urea groups is 1. The van der Waals surface area contributed by atoms with Gasteiger partial charge < -0.3 is 9.64 Å². The molecule has 1 aliphatic rings. The molecule has 6 heteroatoms. The Morgan fingerprint density at radius 3 is 2.67 bits per heavy atom. The van der Waals surface area contributed by atoms with Crippen molar-refractivity contribution in [1.82, 2.24) is 10.2 Å². The van der Waals surface area contributed by atoms with Gasteiger partial charge in [-0.2, -0.15) is 0 Å². The van der Waals surface area contributed by atoms with Crippen LogP contribution in [0, 0.1) is 5.41 Å².